The molecule has 1 aliphatic carbocycles. The van der Waals surface area contributed by atoms with Crippen molar-refractivity contribution in [3.63, 3.8) is 0 Å². The van der Waals surface area contributed by atoms with Gasteiger partial charge in [0, 0.05) is 5.92 Å². The molecule has 1 aliphatic rings. The summed E-state index contributed by atoms with van der Waals surface area (Å²) in [5.74, 6) is 0.199. The Morgan fingerprint density at radius 2 is 1.81 bits per heavy atom. The Labute approximate surface area is 123 Å². The number of nitrogens with one attached hydrogen (secondary N) is 2. The maximum absolute atomic E-state index is 12.0. The van der Waals surface area contributed by atoms with Crippen LogP contribution in [0.5, 0.6) is 0 Å². The Morgan fingerprint density at radius 3 is 2.57 bits per heavy atom. The summed E-state index contributed by atoms with van der Waals surface area (Å²) in [4.78, 5) is 23.6. The summed E-state index contributed by atoms with van der Waals surface area (Å²) in [7, 11) is 0. The molecule has 0 heterocycles. The van der Waals surface area contributed by atoms with Crippen LogP contribution in [0, 0.1) is 11.8 Å². The lowest BCUT2D eigenvalue weighted by Crippen LogP contribution is -2.43. The highest BCUT2D eigenvalue weighted by Crippen LogP contribution is 2.37. The molecule has 0 unspecified atom stereocenters. The van der Waals surface area contributed by atoms with Crippen molar-refractivity contribution in [2.24, 2.45) is 11.8 Å². The highest BCUT2D eigenvalue weighted by molar-refractivity contribution is 5.91. The van der Waals surface area contributed by atoms with E-state index in [-0.39, 0.29) is 24.2 Å². The zero-order valence-corrected chi connectivity index (χ0v) is 11.9. The van der Waals surface area contributed by atoms with Gasteiger partial charge in [-0.15, -0.1) is 0 Å². The summed E-state index contributed by atoms with van der Waals surface area (Å²) >= 11 is 0. The van der Waals surface area contributed by atoms with E-state index in [1.165, 1.54) is 0 Å². The first-order chi connectivity index (χ1) is 10.1. The average molecular weight is 282 g/mol. The minimum atomic E-state index is -0.201. The zero-order chi connectivity index (χ0) is 14.8. The molecule has 1 fully saturated rings. The molecule has 0 spiro atoms. The van der Waals surface area contributed by atoms with Gasteiger partial charge in [0.15, 0.2) is 0 Å². The summed E-state index contributed by atoms with van der Waals surface area (Å²) in [5, 5.41) is 2.18. The molecule has 3 rings (SSSR count). The highest BCUT2D eigenvalue weighted by atomic mass is 16.2. The molecular formula is C17H18N2O2. The van der Waals surface area contributed by atoms with Crippen LogP contribution < -0.4 is 10.9 Å². The number of carbonyl (C=O) groups is 2. The Hall–Kier alpha value is -2.36. The number of rotatable bonds is 3. The quantitative estimate of drug-likeness (QED) is 0.848. The molecule has 21 heavy (non-hydrogen) atoms. The Kier molecular flexibility index (Phi) is 3.60. The maximum Gasteiger partial charge on any atom is 0.242 e. The molecule has 2 atom stereocenters. The topological polar surface area (TPSA) is 58.2 Å². The van der Waals surface area contributed by atoms with Crippen molar-refractivity contribution in [3.05, 3.63) is 48.0 Å². The third kappa shape index (κ3) is 3.05. The van der Waals surface area contributed by atoms with Crippen molar-refractivity contribution >= 4 is 22.6 Å². The van der Waals surface area contributed by atoms with Crippen LogP contribution in [0.1, 0.15) is 18.9 Å². The van der Waals surface area contributed by atoms with Crippen molar-refractivity contribution in [1.29, 1.82) is 0 Å². The van der Waals surface area contributed by atoms with E-state index in [2.05, 4.69) is 10.9 Å². The number of carbonyl (C=O) groups excluding carboxylic acids is 2. The van der Waals surface area contributed by atoms with Crippen molar-refractivity contribution < 1.29 is 9.59 Å². The van der Waals surface area contributed by atoms with Crippen molar-refractivity contribution in [2.45, 2.75) is 19.8 Å². The van der Waals surface area contributed by atoms with Gasteiger partial charge in [0.1, 0.15) is 0 Å². The first-order valence-electron chi connectivity index (χ1n) is 7.20. The van der Waals surface area contributed by atoms with E-state index in [0.29, 0.717) is 5.92 Å². The molecule has 4 heteroatoms. The number of amides is 2. The van der Waals surface area contributed by atoms with E-state index in [4.69, 9.17) is 0 Å². The first kappa shape index (κ1) is 13.6. The summed E-state index contributed by atoms with van der Waals surface area (Å²) in [6.07, 6.45) is 1.16. The van der Waals surface area contributed by atoms with Gasteiger partial charge in [0.2, 0.25) is 11.8 Å². The lowest BCUT2D eigenvalue weighted by molar-refractivity contribution is -0.129. The smallest absolute Gasteiger partial charge is 0.242 e. The van der Waals surface area contributed by atoms with Gasteiger partial charge >= 0.3 is 0 Å². The SMILES string of the molecule is C[C@H]1C[C@@H]1C(=O)NNC(=O)Cc1cccc2ccccc12. The molecule has 0 bridgehead atoms. The number of benzene rings is 2. The zero-order valence-electron chi connectivity index (χ0n) is 11.9. The van der Waals surface area contributed by atoms with Crippen LogP contribution >= 0.6 is 0 Å². The Morgan fingerprint density at radius 1 is 1.10 bits per heavy atom. The largest absolute Gasteiger partial charge is 0.273 e. The lowest BCUT2D eigenvalue weighted by atomic mass is 10.0. The average Bonchev–Trinajstić information content (AvgIpc) is 3.22. The molecule has 1 saturated carbocycles. The van der Waals surface area contributed by atoms with Crippen LogP contribution in [0.15, 0.2) is 42.5 Å². The van der Waals surface area contributed by atoms with Gasteiger partial charge in [0.25, 0.3) is 0 Å². The van der Waals surface area contributed by atoms with Crippen LogP contribution in [-0.2, 0) is 16.0 Å². The van der Waals surface area contributed by atoms with E-state index in [1.54, 1.807) is 0 Å². The molecule has 2 aromatic rings. The summed E-state index contributed by atoms with van der Waals surface area (Å²) in [5.41, 5.74) is 5.96. The summed E-state index contributed by atoms with van der Waals surface area (Å²) in [6.45, 7) is 2.03. The Balaban J connectivity index is 1.62. The normalized spacial score (nSPS) is 20.0. The predicted molar refractivity (Wildman–Crippen MR) is 81.2 cm³/mol. The number of hydrogen-bond donors (Lipinski definition) is 2. The summed E-state index contributed by atoms with van der Waals surface area (Å²) < 4.78 is 0. The van der Waals surface area contributed by atoms with Crippen LogP contribution in [0.25, 0.3) is 10.8 Å². The highest BCUT2D eigenvalue weighted by Gasteiger charge is 2.39. The molecule has 0 saturated heterocycles. The van der Waals surface area contributed by atoms with E-state index in [1.807, 2.05) is 49.4 Å². The second-order valence-corrected chi connectivity index (χ2v) is 5.67. The fraction of sp³-hybridized carbons (Fsp3) is 0.294. The predicted octanol–water partition coefficient (Wildman–Crippen LogP) is 2.19. The van der Waals surface area contributed by atoms with Crippen molar-refractivity contribution in [1.82, 2.24) is 10.9 Å². The molecule has 2 aromatic carbocycles. The van der Waals surface area contributed by atoms with Crippen LogP contribution in [0.4, 0.5) is 0 Å². The standard InChI is InChI=1S/C17H18N2O2/c1-11-9-15(11)17(21)19-18-16(20)10-13-7-4-6-12-5-2-3-8-14(12)13/h2-8,11,15H,9-10H2,1H3,(H,18,20)(H,19,21)/t11-,15-/m0/s1. The molecule has 108 valence electrons. The molecule has 0 aliphatic heterocycles. The number of hydrazine groups is 1. The van der Waals surface area contributed by atoms with Crippen molar-refractivity contribution in [2.75, 3.05) is 0 Å². The van der Waals surface area contributed by atoms with Gasteiger partial charge in [-0.1, -0.05) is 49.4 Å². The van der Waals surface area contributed by atoms with Crippen LogP contribution in [-0.4, -0.2) is 11.8 Å². The third-order valence-corrected chi connectivity index (χ3v) is 4.00. The van der Waals surface area contributed by atoms with Gasteiger partial charge in [-0.05, 0) is 28.7 Å². The molecular weight excluding hydrogens is 264 g/mol. The van der Waals surface area contributed by atoms with Gasteiger partial charge in [0.05, 0.1) is 6.42 Å². The fourth-order valence-corrected chi connectivity index (χ4v) is 2.58. The molecule has 0 aromatic heterocycles. The Bertz CT molecular complexity index is 691. The monoisotopic (exact) mass is 282 g/mol. The number of fused-ring (bicyclic) bond motifs is 1. The summed E-state index contributed by atoms with van der Waals surface area (Å²) in [6, 6.07) is 13.9. The van der Waals surface area contributed by atoms with Crippen LogP contribution in [0.3, 0.4) is 0 Å². The minimum Gasteiger partial charge on any atom is -0.273 e. The van der Waals surface area contributed by atoms with E-state index < -0.39 is 0 Å². The minimum absolute atomic E-state index is 0.0582. The molecule has 2 amide bonds. The van der Waals surface area contributed by atoms with Gasteiger partial charge in [-0.2, -0.15) is 0 Å². The van der Waals surface area contributed by atoms with Gasteiger partial charge < -0.3 is 0 Å². The van der Waals surface area contributed by atoms with Crippen LogP contribution in [0.2, 0.25) is 0 Å². The van der Waals surface area contributed by atoms with E-state index in [0.717, 1.165) is 22.8 Å². The van der Waals surface area contributed by atoms with Gasteiger partial charge in [-0.3, -0.25) is 20.4 Å². The van der Waals surface area contributed by atoms with E-state index >= 15 is 0 Å². The number of hydrogen-bond acceptors (Lipinski definition) is 2. The van der Waals surface area contributed by atoms with E-state index in [9.17, 15) is 9.59 Å². The van der Waals surface area contributed by atoms with Crippen molar-refractivity contribution in [3.8, 4) is 0 Å². The second kappa shape index (κ2) is 5.56. The fourth-order valence-electron chi connectivity index (χ4n) is 2.58. The second-order valence-electron chi connectivity index (χ2n) is 5.67. The third-order valence-electron chi connectivity index (χ3n) is 4.00. The molecule has 2 N–H and O–H groups in total. The molecule has 0 radical (unpaired) electrons. The first-order valence-corrected chi connectivity index (χ1v) is 7.20. The molecule has 4 nitrogen and oxygen atoms in total. The maximum atomic E-state index is 12.0. The lowest BCUT2D eigenvalue weighted by Gasteiger charge is -2.09. The van der Waals surface area contributed by atoms with Gasteiger partial charge in [-0.25, -0.2) is 0 Å².